The van der Waals surface area contributed by atoms with Gasteiger partial charge < -0.3 is 4.74 Å². The molecule has 70 valence electrons. The Morgan fingerprint density at radius 2 is 2.23 bits per heavy atom. The summed E-state index contributed by atoms with van der Waals surface area (Å²) in [5.41, 5.74) is 7.02. The molecule has 0 saturated heterocycles. The zero-order chi connectivity index (χ0) is 9.68. The third-order valence-electron chi connectivity index (χ3n) is 1.51. The van der Waals surface area contributed by atoms with Gasteiger partial charge in [-0.3, -0.25) is 5.43 Å². The molecule has 4 heteroatoms. The lowest BCUT2D eigenvalue weighted by atomic mass is 10.2. The van der Waals surface area contributed by atoms with Gasteiger partial charge in [0.05, 0.1) is 12.8 Å². The highest BCUT2D eigenvalue weighted by atomic mass is 16.5. The molecular weight excluding hydrogens is 168 g/mol. The van der Waals surface area contributed by atoms with E-state index >= 15 is 0 Å². The fraction of sp³-hybridized carbons (Fsp3) is 0.222. The molecule has 0 saturated carbocycles. The first-order valence-corrected chi connectivity index (χ1v) is 3.89. The summed E-state index contributed by atoms with van der Waals surface area (Å²) in [6.45, 7) is 1.98. The number of aryl methyl sites for hydroxylation is 1. The summed E-state index contributed by atoms with van der Waals surface area (Å²) < 4.78 is 4.39. The Bertz CT molecular complexity index is 299. The quantitative estimate of drug-likeness (QED) is 0.681. The largest absolute Gasteiger partial charge is 0.452 e. The lowest BCUT2D eigenvalue weighted by Crippen LogP contribution is -2.28. The maximum Gasteiger partial charge on any atom is 0.425 e. The number of rotatable bonds is 2. The molecule has 0 heterocycles. The first kappa shape index (κ1) is 9.38. The smallest absolute Gasteiger partial charge is 0.425 e. The van der Waals surface area contributed by atoms with Crippen LogP contribution < -0.4 is 10.9 Å². The van der Waals surface area contributed by atoms with Gasteiger partial charge in [0.2, 0.25) is 0 Å². The fourth-order valence-corrected chi connectivity index (χ4v) is 0.897. The van der Waals surface area contributed by atoms with Crippen molar-refractivity contribution in [2.75, 3.05) is 12.5 Å². The Morgan fingerprint density at radius 3 is 2.85 bits per heavy atom. The molecule has 0 radical (unpaired) electrons. The van der Waals surface area contributed by atoms with Crippen LogP contribution in [0, 0.1) is 6.92 Å². The van der Waals surface area contributed by atoms with Crippen molar-refractivity contribution in [3.63, 3.8) is 0 Å². The second kappa shape index (κ2) is 4.35. The van der Waals surface area contributed by atoms with Gasteiger partial charge in [-0.05, 0) is 24.6 Å². The predicted octanol–water partition coefficient (Wildman–Crippen LogP) is 1.68. The van der Waals surface area contributed by atoms with E-state index in [1.165, 1.54) is 7.11 Å². The molecule has 1 amide bonds. The molecule has 1 rings (SSSR count). The van der Waals surface area contributed by atoms with Crippen molar-refractivity contribution in [3.8, 4) is 0 Å². The molecule has 0 unspecified atom stereocenters. The van der Waals surface area contributed by atoms with Crippen molar-refractivity contribution in [2.45, 2.75) is 6.92 Å². The van der Waals surface area contributed by atoms with Crippen molar-refractivity contribution in [3.05, 3.63) is 29.8 Å². The molecule has 0 aliphatic carbocycles. The molecule has 0 aliphatic rings. The minimum atomic E-state index is -0.512. The number of ether oxygens (including phenoxy) is 1. The maximum atomic E-state index is 10.7. The fourth-order valence-electron chi connectivity index (χ4n) is 0.897. The van der Waals surface area contributed by atoms with Crippen LogP contribution in [0.25, 0.3) is 0 Å². The Morgan fingerprint density at radius 1 is 1.46 bits per heavy atom. The Labute approximate surface area is 76.9 Å². The maximum absolute atomic E-state index is 10.7. The molecule has 2 N–H and O–H groups in total. The van der Waals surface area contributed by atoms with E-state index in [9.17, 15) is 4.79 Å². The van der Waals surface area contributed by atoms with Gasteiger partial charge in [-0.25, -0.2) is 10.2 Å². The molecule has 0 aliphatic heterocycles. The number of hydrogen-bond donors (Lipinski definition) is 2. The van der Waals surface area contributed by atoms with E-state index in [4.69, 9.17) is 0 Å². The van der Waals surface area contributed by atoms with E-state index in [2.05, 4.69) is 15.6 Å². The number of amides is 1. The zero-order valence-electron chi connectivity index (χ0n) is 7.63. The van der Waals surface area contributed by atoms with Crippen molar-refractivity contribution in [1.82, 2.24) is 5.43 Å². The minimum absolute atomic E-state index is 0.512. The second-order valence-electron chi connectivity index (χ2n) is 2.61. The Kier molecular flexibility index (Phi) is 3.14. The highest BCUT2D eigenvalue weighted by molar-refractivity contribution is 5.69. The van der Waals surface area contributed by atoms with Crippen molar-refractivity contribution >= 4 is 11.8 Å². The minimum Gasteiger partial charge on any atom is -0.452 e. The highest BCUT2D eigenvalue weighted by Crippen LogP contribution is 2.07. The summed E-state index contributed by atoms with van der Waals surface area (Å²) in [4.78, 5) is 10.7. The monoisotopic (exact) mass is 180 g/mol. The van der Waals surface area contributed by atoms with E-state index in [1.807, 2.05) is 31.2 Å². The number of anilines is 1. The molecule has 13 heavy (non-hydrogen) atoms. The van der Waals surface area contributed by atoms with Crippen LogP contribution in [0.1, 0.15) is 5.56 Å². The first-order chi connectivity index (χ1) is 6.22. The van der Waals surface area contributed by atoms with E-state index < -0.39 is 6.09 Å². The summed E-state index contributed by atoms with van der Waals surface area (Å²) in [5, 5.41) is 0. The number of methoxy groups -OCH3 is 1. The normalized spacial score (nSPS) is 9.08. The predicted molar refractivity (Wildman–Crippen MR) is 50.3 cm³/mol. The van der Waals surface area contributed by atoms with E-state index in [0.29, 0.717) is 0 Å². The summed E-state index contributed by atoms with van der Waals surface area (Å²) >= 11 is 0. The van der Waals surface area contributed by atoms with Crippen molar-refractivity contribution in [2.24, 2.45) is 0 Å². The van der Waals surface area contributed by atoms with Gasteiger partial charge in [0, 0.05) is 0 Å². The van der Waals surface area contributed by atoms with Crippen molar-refractivity contribution in [1.29, 1.82) is 0 Å². The van der Waals surface area contributed by atoms with E-state index in [1.54, 1.807) is 0 Å². The van der Waals surface area contributed by atoms with Gasteiger partial charge in [-0.15, -0.1) is 0 Å². The van der Waals surface area contributed by atoms with Gasteiger partial charge >= 0.3 is 6.09 Å². The molecule has 0 atom stereocenters. The van der Waals surface area contributed by atoms with Gasteiger partial charge in [0.15, 0.2) is 0 Å². The third-order valence-corrected chi connectivity index (χ3v) is 1.51. The van der Waals surface area contributed by atoms with Crippen molar-refractivity contribution < 1.29 is 9.53 Å². The lowest BCUT2D eigenvalue weighted by molar-refractivity contribution is 0.173. The number of nitrogens with one attached hydrogen (secondary N) is 2. The van der Waals surface area contributed by atoms with Crippen LogP contribution >= 0.6 is 0 Å². The highest BCUT2D eigenvalue weighted by Gasteiger charge is 1.96. The van der Waals surface area contributed by atoms with Crippen LogP contribution in [0.2, 0.25) is 0 Å². The molecule has 0 fully saturated rings. The van der Waals surface area contributed by atoms with Crippen LogP contribution in [0.15, 0.2) is 24.3 Å². The topological polar surface area (TPSA) is 50.4 Å². The van der Waals surface area contributed by atoms with Crippen LogP contribution in [-0.2, 0) is 4.74 Å². The van der Waals surface area contributed by atoms with E-state index in [0.717, 1.165) is 11.3 Å². The zero-order valence-corrected chi connectivity index (χ0v) is 7.63. The number of carbonyl (C=O) groups excluding carboxylic acids is 1. The van der Waals surface area contributed by atoms with Crippen LogP contribution in [0.3, 0.4) is 0 Å². The Balaban J connectivity index is 2.50. The first-order valence-electron chi connectivity index (χ1n) is 3.89. The van der Waals surface area contributed by atoms with Gasteiger partial charge in [-0.2, -0.15) is 0 Å². The van der Waals surface area contributed by atoms with Gasteiger partial charge in [0.1, 0.15) is 0 Å². The Hall–Kier alpha value is -1.71. The number of hydrazine groups is 1. The van der Waals surface area contributed by atoms with Crippen LogP contribution in [0.5, 0.6) is 0 Å². The molecule has 0 bridgehead atoms. The van der Waals surface area contributed by atoms with E-state index in [-0.39, 0.29) is 0 Å². The molecule has 0 aromatic heterocycles. The average molecular weight is 180 g/mol. The number of benzene rings is 1. The van der Waals surface area contributed by atoms with Gasteiger partial charge in [0.25, 0.3) is 0 Å². The van der Waals surface area contributed by atoms with Crippen LogP contribution in [0.4, 0.5) is 10.5 Å². The summed E-state index contributed by atoms with van der Waals surface area (Å²) in [7, 11) is 1.31. The number of carbonyl (C=O) groups is 1. The molecule has 4 nitrogen and oxygen atoms in total. The molecule has 0 spiro atoms. The molecular formula is C9H12N2O2. The lowest BCUT2D eigenvalue weighted by Gasteiger charge is -2.07. The van der Waals surface area contributed by atoms with Gasteiger partial charge in [-0.1, -0.05) is 12.1 Å². The second-order valence-corrected chi connectivity index (χ2v) is 2.61. The summed E-state index contributed by atoms with van der Waals surface area (Å²) in [5.74, 6) is 0. The molecule has 1 aromatic carbocycles. The third kappa shape index (κ3) is 3.02. The summed E-state index contributed by atoms with van der Waals surface area (Å²) in [6, 6.07) is 7.64. The molecule has 1 aromatic rings. The standard InChI is InChI=1S/C9H12N2O2/c1-7-4-3-5-8(6-7)10-11-9(12)13-2/h3-6,10H,1-2H3,(H,11,12). The number of hydrogen-bond acceptors (Lipinski definition) is 3. The average Bonchev–Trinajstić information content (AvgIpc) is 2.14. The SMILES string of the molecule is COC(=O)NNc1cccc(C)c1. The van der Waals surface area contributed by atoms with Crippen LogP contribution in [-0.4, -0.2) is 13.2 Å². The summed E-state index contributed by atoms with van der Waals surface area (Å²) in [6.07, 6.45) is -0.512.